The Morgan fingerprint density at radius 2 is 1.73 bits per heavy atom. The van der Waals surface area contributed by atoms with Gasteiger partial charge in [0.15, 0.2) is 0 Å². The summed E-state index contributed by atoms with van der Waals surface area (Å²) in [7, 11) is 3.21. The van der Waals surface area contributed by atoms with Crippen molar-refractivity contribution in [3.05, 3.63) is 36.6 Å². The zero-order valence-electron chi connectivity index (χ0n) is 19.2. The highest BCUT2D eigenvalue weighted by Crippen LogP contribution is 2.71. The lowest BCUT2D eigenvalue weighted by molar-refractivity contribution is -0.346. The molecule has 2 bridgehead atoms. The van der Waals surface area contributed by atoms with Crippen molar-refractivity contribution < 1.29 is 28.8 Å². The van der Waals surface area contributed by atoms with Crippen molar-refractivity contribution in [3.63, 3.8) is 0 Å². The van der Waals surface area contributed by atoms with Gasteiger partial charge < -0.3 is 28.8 Å². The van der Waals surface area contributed by atoms with E-state index < -0.39 is 22.9 Å². The molecule has 0 radical (unpaired) electrons. The van der Waals surface area contributed by atoms with Crippen LogP contribution in [0.25, 0.3) is 0 Å². The van der Waals surface area contributed by atoms with Crippen molar-refractivity contribution in [2.24, 2.45) is 16.7 Å². The first-order valence-electron chi connectivity index (χ1n) is 10.5. The van der Waals surface area contributed by atoms with Gasteiger partial charge in [-0.1, -0.05) is 13.8 Å². The van der Waals surface area contributed by atoms with Gasteiger partial charge >= 0.3 is 0 Å². The second-order valence-corrected chi connectivity index (χ2v) is 9.84. The number of hydrogen-bond donors (Lipinski definition) is 1. The molecule has 1 N–H and O–H groups in total. The predicted octanol–water partition coefficient (Wildman–Crippen LogP) is 4.52. The third-order valence-corrected chi connectivity index (χ3v) is 6.76. The van der Waals surface area contributed by atoms with E-state index in [-0.39, 0.29) is 18.1 Å². The van der Waals surface area contributed by atoms with E-state index in [4.69, 9.17) is 23.7 Å². The summed E-state index contributed by atoms with van der Waals surface area (Å²) in [5.74, 6) is 0.0918. The molecule has 30 heavy (non-hydrogen) atoms. The molecule has 0 aliphatic heterocycles. The van der Waals surface area contributed by atoms with Crippen LogP contribution < -0.4 is 9.47 Å². The molecule has 2 aliphatic rings. The van der Waals surface area contributed by atoms with Gasteiger partial charge in [-0.25, -0.2) is 0 Å². The maximum atomic E-state index is 12.0. The lowest BCUT2D eigenvalue weighted by Crippen LogP contribution is -2.59. The van der Waals surface area contributed by atoms with Gasteiger partial charge in [0.1, 0.15) is 24.4 Å². The zero-order chi connectivity index (χ0) is 22.2. The van der Waals surface area contributed by atoms with Crippen LogP contribution in [0.15, 0.2) is 36.6 Å². The van der Waals surface area contributed by atoms with Crippen molar-refractivity contribution >= 4 is 0 Å². The first-order chi connectivity index (χ1) is 14.0. The summed E-state index contributed by atoms with van der Waals surface area (Å²) in [6, 6.07) is 7.39. The first-order valence-corrected chi connectivity index (χ1v) is 10.5. The average molecular weight is 421 g/mol. The Balaban J connectivity index is 1.94. The second-order valence-electron chi connectivity index (χ2n) is 9.84. The molecule has 1 aromatic carbocycles. The molecular weight excluding hydrogens is 384 g/mol. The first kappa shape index (κ1) is 23.1. The Bertz CT molecular complexity index is 750. The van der Waals surface area contributed by atoms with Gasteiger partial charge in [-0.05, 0) is 75.3 Å². The SMILES string of the molecule is COCO[C@H]1[C@H]2CC[C@@](/C=C/Oc3ccc(OC)cc3)(C2(C)C)[C@]1(O)OC(C)(C)C. The molecular formula is C24H36O6. The minimum absolute atomic E-state index is 0.106. The minimum Gasteiger partial charge on any atom is -0.497 e. The molecule has 0 unspecified atom stereocenters. The van der Waals surface area contributed by atoms with Gasteiger partial charge in [0.05, 0.1) is 24.4 Å². The van der Waals surface area contributed by atoms with Crippen LogP contribution in [0.4, 0.5) is 0 Å². The summed E-state index contributed by atoms with van der Waals surface area (Å²) < 4.78 is 28.6. The van der Waals surface area contributed by atoms with Crippen molar-refractivity contribution in [1.82, 2.24) is 0 Å². The Kier molecular flexibility index (Phi) is 6.27. The molecule has 0 saturated heterocycles. The second kappa shape index (κ2) is 8.15. The summed E-state index contributed by atoms with van der Waals surface area (Å²) in [5.41, 5.74) is -1.48. The monoisotopic (exact) mass is 420 g/mol. The van der Waals surface area contributed by atoms with Crippen molar-refractivity contribution in [2.75, 3.05) is 21.0 Å². The molecule has 0 spiro atoms. The number of rotatable bonds is 8. The highest BCUT2D eigenvalue weighted by molar-refractivity contribution is 5.32. The van der Waals surface area contributed by atoms with Crippen LogP contribution in [0.1, 0.15) is 47.5 Å². The van der Waals surface area contributed by atoms with Crippen molar-refractivity contribution in [1.29, 1.82) is 0 Å². The summed E-state index contributed by atoms with van der Waals surface area (Å²) in [5, 5.41) is 12.0. The molecule has 6 nitrogen and oxygen atoms in total. The zero-order valence-corrected chi connectivity index (χ0v) is 19.2. The number of ether oxygens (including phenoxy) is 5. The van der Waals surface area contributed by atoms with Crippen LogP contribution in [0, 0.1) is 16.7 Å². The van der Waals surface area contributed by atoms with Crippen LogP contribution in [0.3, 0.4) is 0 Å². The fourth-order valence-electron chi connectivity index (χ4n) is 5.38. The standard InChI is InChI=1S/C24H36O6/c1-21(2,3)30-24(25)20(29-16-26-6)19-12-13-23(24,22(19,4)5)14-15-28-18-10-8-17(27-7)9-11-18/h8-11,14-15,19-20,25H,12-13,16H2,1-7H3/b15-14+/t19-,20+,23-,24-/m1/s1. The van der Waals surface area contributed by atoms with Crippen LogP contribution in [0.5, 0.6) is 11.5 Å². The number of hydrogen-bond acceptors (Lipinski definition) is 6. The van der Waals surface area contributed by atoms with Crippen LogP contribution in [-0.4, -0.2) is 43.6 Å². The smallest absolute Gasteiger partial charge is 0.203 e. The van der Waals surface area contributed by atoms with E-state index >= 15 is 0 Å². The van der Waals surface area contributed by atoms with Crippen LogP contribution in [0.2, 0.25) is 0 Å². The fourth-order valence-corrected chi connectivity index (χ4v) is 5.38. The third kappa shape index (κ3) is 3.75. The van der Waals surface area contributed by atoms with E-state index in [0.717, 1.165) is 18.6 Å². The number of benzene rings is 1. The molecule has 0 amide bonds. The molecule has 2 saturated carbocycles. The van der Waals surface area contributed by atoms with E-state index in [0.29, 0.717) is 5.75 Å². The van der Waals surface area contributed by atoms with Gasteiger partial charge in [0.2, 0.25) is 5.79 Å². The molecule has 1 aromatic rings. The quantitative estimate of drug-likeness (QED) is 0.493. The average Bonchev–Trinajstić information content (AvgIpc) is 2.99. The van der Waals surface area contributed by atoms with Crippen molar-refractivity contribution in [3.8, 4) is 11.5 Å². The maximum Gasteiger partial charge on any atom is 0.203 e. The van der Waals surface area contributed by atoms with E-state index in [1.807, 2.05) is 51.1 Å². The molecule has 4 atom stereocenters. The maximum absolute atomic E-state index is 12.0. The summed E-state index contributed by atoms with van der Waals surface area (Å²) >= 11 is 0. The lowest BCUT2D eigenvalue weighted by atomic mass is 9.66. The normalized spacial score (nSPS) is 32.7. The Morgan fingerprint density at radius 3 is 2.30 bits per heavy atom. The van der Waals surface area contributed by atoms with Crippen LogP contribution >= 0.6 is 0 Å². The molecule has 6 heteroatoms. The largest absolute Gasteiger partial charge is 0.497 e. The molecule has 2 aliphatic carbocycles. The van der Waals surface area contributed by atoms with E-state index in [9.17, 15) is 5.11 Å². The molecule has 2 fully saturated rings. The molecule has 3 rings (SSSR count). The van der Waals surface area contributed by atoms with Gasteiger partial charge in [-0.15, -0.1) is 0 Å². The number of fused-ring (bicyclic) bond motifs is 2. The van der Waals surface area contributed by atoms with Gasteiger partial charge in [0, 0.05) is 7.11 Å². The van der Waals surface area contributed by atoms with E-state index in [2.05, 4.69) is 13.8 Å². The van der Waals surface area contributed by atoms with Gasteiger partial charge in [-0.2, -0.15) is 0 Å². The van der Waals surface area contributed by atoms with Gasteiger partial charge in [-0.3, -0.25) is 0 Å². The Hall–Kier alpha value is -1.60. The Labute approximate surface area is 180 Å². The molecule has 168 valence electrons. The summed E-state index contributed by atoms with van der Waals surface area (Å²) in [6.45, 7) is 10.3. The van der Waals surface area contributed by atoms with Crippen LogP contribution in [-0.2, 0) is 14.2 Å². The highest BCUT2D eigenvalue weighted by Gasteiger charge is 2.77. The van der Waals surface area contributed by atoms with Crippen molar-refractivity contribution in [2.45, 2.75) is 65.0 Å². The predicted molar refractivity (Wildman–Crippen MR) is 114 cm³/mol. The summed E-state index contributed by atoms with van der Waals surface area (Å²) in [6.07, 6.45) is 4.86. The summed E-state index contributed by atoms with van der Waals surface area (Å²) in [4.78, 5) is 0. The van der Waals surface area contributed by atoms with E-state index in [1.54, 1.807) is 20.5 Å². The van der Waals surface area contributed by atoms with E-state index in [1.165, 1.54) is 0 Å². The number of methoxy groups -OCH3 is 2. The van der Waals surface area contributed by atoms with Gasteiger partial charge in [0.25, 0.3) is 0 Å². The molecule has 0 aromatic heterocycles. The highest BCUT2D eigenvalue weighted by atomic mass is 16.7. The fraction of sp³-hybridized carbons (Fsp3) is 0.667. The third-order valence-electron chi connectivity index (χ3n) is 6.76. The Morgan fingerprint density at radius 1 is 1.10 bits per heavy atom. The minimum atomic E-state index is -1.50. The number of aliphatic hydroxyl groups is 1. The topological polar surface area (TPSA) is 66.4 Å². The lowest BCUT2D eigenvalue weighted by Gasteiger charge is -2.49. The molecule has 0 heterocycles.